The third-order valence-corrected chi connectivity index (χ3v) is 3.20. The van der Waals surface area contributed by atoms with Crippen LogP contribution in [0.25, 0.3) is 11.3 Å². The summed E-state index contributed by atoms with van der Waals surface area (Å²) in [6.07, 6.45) is 0. The number of aryl methyl sites for hydroxylation is 1. The van der Waals surface area contributed by atoms with Crippen LogP contribution < -0.4 is 15.2 Å². The van der Waals surface area contributed by atoms with E-state index in [9.17, 15) is 0 Å². The summed E-state index contributed by atoms with van der Waals surface area (Å²) in [5.41, 5.74) is 8.71. The van der Waals surface area contributed by atoms with E-state index in [0.717, 1.165) is 22.8 Å². The Bertz CT molecular complexity index is 591. The number of nitrogens with zero attached hydrogens (tertiary/aromatic N) is 2. The molecule has 0 aliphatic carbocycles. The van der Waals surface area contributed by atoms with Crippen molar-refractivity contribution in [2.45, 2.75) is 13.5 Å². The standard InChI is InChI=1S/C14H19N3O2/c1-9-14(17(2)13(8-15)16-9)10-5-6-11(18-3)12(7-10)19-4/h5-7H,8,15H2,1-4H3. The van der Waals surface area contributed by atoms with E-state index in [-0.39, 0.29) is 0 Å². The second kappa shape index (κ2) is 5.32. The highest BCUT2D eigenvalue weighted by atomic mass is 16.5. The van der Waals surface area contributed by atoms with E-state index in [1.165, 1.54) is 0 Å². The van der Waals surface area contributed by atoms with Gasteiger partial charge in [-0.1, -0.05) is 0 Å². The second-order valence-electron chi connectivity index (χ2n) is 4.29. The summed E-state index contributed by atoms with van der Waals surface area (Å²) >= 11 is 0. The zero-order valence-corrected chi connectivity index (χ0v) is 11.7. The maximum absolute atomic E-state index is 5.68. The van der Waals surface area contributed by atoms with Crippen LogP contribution >= 0.6 is 0 Å². The number of rotatable bonds is 4. The number of hydrogen-bond acceptors (Lipinski definition) is 4. The number of hydrogen-bond donors (Lipinski definition) is 1. The largest absolute Gasteiger partial charge is 0.493 e. The van der Waals surface area contributed by atoms with Gasteiger partial charge in [-0.2, -0.15) is 0 Å². The summed E-state index contributed by atoms with van der Waals surface area (Å²) in [6.45, 7) is 2.40. The summed E-state index contributed by atoms with van der Waals surface area (Å²) in [4.78, 5) is 4.47. The maximum atomic E-state index is 5.68. The summed E-state index contributed by atoms with van der Waals surface area (Å²) in [5, 5.41) is 0. The molecule has 5 heteroatoms. The predicted octanol–water partition coefficient (Wildman–Crippen LogP) is 1.87. The first-order chi connectivity index (χ1) is 9.12. The Morgan fingerprint density at radius 2 is 1.89 bits per heavy atom. The van der Waals surface area contributed by atoms with Crippen molar-refractivity contribution in [2.24, 2.45) is 12.8 Å². The summed E-state index contributed by atoms with van der Waals surface area (Å²) in [5.74, 6) is 2.28. The normalized spacial score (nSPS) is 10.6. The van der Waals surface area contributed by atoms with Crippen LogP contribution in [0.15, 0.2) is 18.2 Å². The average molecular weight is 261 g/mol. The van der Waals surface area contributed by atoms with E-state index in [0.29, 0.717) is 18.0 Å². The molecule has 19 heavy (non-hydrogen) atoms. The van der Waals surface area contributed by atoms with Gasteiger partial charge < -0.3 is 19.8 Å². The van der Waals surface area contributed by atoms with Crippen molar-refractivity contribution in [1.82, 2.24) is 9.55 Å². The highest BCUT2D eigenvalue weighted by Crippen LogP contribution is 2.33. The van der Waals surface area contributed by atoms with E-state index in [4.69, 9.17) is 15.2 Å². The lowest BCUT2D eigenvalue weighted by Crippen LogP contribution is -2.05. The lowest BCUT2D eigenvalue weighted by atomic mass is 10.1. The first kappa shape index (κ1) is 13.4. The van der Waals surface area contributed by atoms with Gasteiger partial charge in [0.2, 0.25) is 0 Å². The summed E-state index contributed by atoms with van der Waals surface area (Å²) in [7, 11) is 5.22. The molecule has 0 saturated heterocycles. The fourth-order valence-corrected chi connectivity index (χ4v) is 2.26. The SMILES string of the molecule is COc1ccc(-c2c(C)nc(CN)n2C)cc1OC. The van der Waals surface area contributed by atoms with Crippen LogP contribution in [0, 0.1) is 6.92 Å². The molecular formula is C14H19N3O2. The molecule has 0 saturated carbocycles. The number of imidazole rings is 1. The zero-order valence-electron chi connectivity index (χ0n) is 11.7. The van der Waals surface area contributed by atoms with Crippen molar-refractivity contribution in [2.75, 3.05) is 14.2 Å². The van der Waals surface area contributed by atoms with Gasteiger partial charge in [0.1, 0.15) is 5.82 Å². The highest BCUT2D eigenvalue weighted by Gasteiger charge is 2.14. The molecule has 0 spiro atoms. The highest BCUT2D eigenvalue weighted by molar-refractivity contribution is 5.66. The molecule has 0 atom stereocenters. The number of benzene rings is 1. The molecule has 102 valence electrons. The molecule has 0 aliphatic heterocycles. The van der Waals surface area contributed by atoms with Crippen LogP contribution in [0.4, 0.5) is 0 Å². The Morgan fingerprint density at radius 3 is 2.42 bits per heavy atom. The fraction of sp³-hybridized carbons (Fsp3) is 0.357. The van der Waals surface area contributed by atoms with Gasteiger partial charge in [-0.25, -0.2) is 4.98 Å². The average Bonchev–Trinajstić information content (AvgIpc) is 2.72. The van der Waals surface area contributed by atoms with E-state index in [1.54, 1.807) is 14.2 Å². The van der Waals surface area contributed by atoms with Crippen LogP contribution in [0.3, 0.4) is 0 Å². The van der Waals surface area contributed by atoms with Crippen molar-refractivity contribution in [3.8, 4) is 22.8 Å². The Morgan fingerprint density at radius 1 is 1.21 bits per heavy atom. The Kier molecular flexibility index (Phi) is 3.76. The molecule has 1 aromatic heterocycles. The number of nitrogens with two attached hydrogens (primary N) is 1. The Balaban J connectivity index is 2.56. The van der Waals surface area contributed by atoms with Gasteiger partial charge >= 0.3 is 0 Å². The van der Waals surface area contributed by atoms with Crippen LogP contribution in [-0.2, 0) is 13.6 Å². The molecule has 2 N–H and O–H groups in total. The van der Waals surface area contributed by atoms with E-state index < -0.39 is 0 Å². The van der Waals surface area contributed by atoms with Gasteiger partial charge in [0.25, 0.3) is 0 Å². The minimum atomic E-state index is 0.421. The lowest BCUT2D eigenvalue weighted by molar-refractivity contribution is 0.355. The Hall–Kier alpha value is -2.01. The van der Waals surface area contributed by atoms with Crippen molar-refractivity contribution in [3.05, 3.63) is 29.7 Å². The van der Waals surface area contributed by atoms with Gasteiger partial charge in [0, 0.05) is 12.6 Å². The van der Waals surface area contributed by atoms with Crippen molar-refractivity contribution in [3.63, 3.8) is 0 Å². The molecule has 2 rings (SSSR count). The first-order valence-corrected chi connectivity index (χ1v) is 6.07. The number of methoxy groups -OCH3 is 2. The van der Waals surface area contributed by atoms with Crippen LogP contribution in [-0.4, -0.2) is 23.8 Å². The second-order valence-corrected chi connectivity index (χ2v) is 4.29. The number of ether oxygens (including phenoxy) is 2. The molecule has 0 amide bonds. The van der Waals surface area contributed by atoms with E-state index in [1.807, 2.05) is 36.7 Å². The van der Waals surface area contributed by atoms with Crippen LogP contribution in [0.2, 0.25) is 0 Å². The third-order valence-electron chi connectivity index (χ3n) is 3.20. The third kappa shape index (κ3) is 2.29. The molecule has 1 aromatic carbocycles. The van der Waals surface area contributed by atoms with E-state index >= 15 is 0 Å². The molecule has 0 unspecified atom stereocenters. The molecular weight excluding hydrogens is 242 g/mol. The monoisotopic (exact) mass is 261 g/mol. The number of aromatic nitrogens is 2. The smallest absolute Gasteiger partial charge is 0.161 e. The predicted molar refractivity (Wildman–Crippen MR) is 74.4 cm³/mol. The van der Waals surface area contributed by atoms with Gasteiger partial charge in [-0.15, -0.1) is 0 Å². The van der Waals surface area contributed by atoms with Gasteiger partial charge in [0.15, 0.2) is 11.5 Å². The first-order valence-electron chi connectivity index (χ1n) is 6.07. The van der Waals surface area contributed by atoms with Gasteiger partial charge in [0.05, 0.1) is 32.2 Å². The van der Waals surface area contributed by atoms with Crippen LogP contribution in [0.1, 0.15) is 11.5 Å². The lowest BCUT2D eigenvalue weighted by Gasteiger charge is -2.11. The minimum Gasteiger partial charge on any atom is -0.493 e. The van der Waals surface area contributed by atoms with Gasteiger partial charge in [-0.3, -0.25) is 0 Å². The molecule has 1 heterocycles. The van der Waals surface area contributed by atoms with Crippen molar-refractivity contribution < 1.29 is 9.47 Å². The Labute approximate surface area is 113 Å². The zero-order chi connectivity index (χ0) is 14.0. The minimum absolute atomic E-state index is 0.421. The van der Waals surface area contributed by atoms with Crippen molar-refractivity contribution in [1.29, 1.82) is 0 Å². The molecule has 5 nitrogen and oxygen atoms in total. The summed E-state index contributed by atoms with van der Waals surface area (Å²) in [6, 6.07) is 5.83. The molecule has 0 radical (unpaired) electrons. The fourth-order valence-electron chi connectivity index (χ4n) is 2.26. The van der Waals surface area contributed by atoms with Gasteiger partial charge in [-0.05, 0) is 25.1 Å². The van der Waals surface area contributed by atoms with Crippen molar-refractivity contribution >= 4 is 0 Å². The molecule has 0 bridgehead atoms. The van der Waals surface area contributed by atoms with Crippen LogP contribution in [0.5, 0.6) is 11.5 Å². The molecule has 0 fully saturated rings. The van der Waals surface area contributed by atoms with E-state index in [2.05, 4.69) is 4.98 Å². The maximum Gasteiger partial charge on any atom is 0.161 e. The topological polar surface area (TPSA) is 62.3 Å². The molecule has 0 aliphatic rings. The molecule has 2 aromatic rings. The quantitative estimate of drug-likeness (QED) is 0.912. The summed E-state index contributed by atoms with van der Waals surface area (Å²) < 4.78 is 12.6.